The smallest absolute Gasteiger partial charge is 0.341 e. The number of aromatic carboxylic acids is 1. The van der Waals surface area contributed by atoms with Crippen molar-refractivity contribution >= 4 is 69.0 Å². The number of nitrogens with zero attached hydrogens (tertiary/aromatic N) is 3. The number of benzene rings is 2. The number of anilines is 1. The van der Waals surface area contributed by atoms with Crippen molar-refractivity contribution in [3.8, 4) is 0 Å². The Hall–Kier alpha value is -5.55. The number of esters is 2. The molecule has 0 radical (unpaired) electrons. The van der Waals surface area contributed by atoms with E-state index in [-0.39, 0.29) is 61.6 Å². The first-order valence-corrected chi connectivity index (χ1v) is 28.2. The first-order chi connectivity index (χ1) is 37.8. The molecule has 80 heavy (non-hydrogen) atoms. The number of carbonyl (C=O) groups excluding carboxylic acids is 3. The van der Waals surface area contributed by atoms with E-state index < -0.39 is 101 Å². The zero-order valence-corrected chi connectivity index (χ0v) is 48.3. The minimum Gasteiger partial charge on any atom is -0.477 e. The molecule has 1 aliphatic carbocycles. The second-order valence-electron chi connectivity index (χ2n) is 22.7. The average Bonchev–Trinajstić information content (AvgIpc) is 4.28. The summed E-state index contributed by atoms with van der Waals surface area (Å²) in [7, 11) is 3.71. The molecule has 2 aromatic heterocycles. The van der Waals surface area contributed by atoms with Crippen LogP contribution in [0.4, 0.5) is 5.69 Å². The minimum absolute atomic E-state index is 0.0111. The van der Waals surface area contributed by atoms with Crippen molar-refractivity contribution < 1.29 is 63.3 Å². The van der Waals surface area contributed by atoms with Crippen molar-refractivity contribution in [3.05, 3.63) is 87.3 Å². The van der Waals surface area contributed by atoms with E-state index in [4.69, 9.17) is 35.3 Å². The van der Waals surface area contributed by atoms with Gasteiger partial charge in [-0.1, -0.05) is 56.7 Å². The van der Waals surface area contributed by atoms with E-state index in [2.05, 4.69) is 20.9 Å². The fourth-order valence-corrected chi connectivity index (χ4v) is 11.6. The van der Waals surface area contributed by atoms with Crippen LogP contribution in [0.15, 0.2) is 65.7 Å². The quantitative estimate of drug-likeness (QED) is 0.0439. The molecule has 1 amide bonds. The number of carboxylic acids is 1. The van der Waals surface area contributed by atoms with Crippen LogP contribution in [0.2, 0.25) is 5.02 Å². The number of cyclic esters (lactones) is 1. The molecule has 0 spiro atoms. The number of carboxylic acid groups (broad SMARTS) is 1. The number of fused-ring (bicyclic) bond motifs is 2. The van der Waals surface area contributed by atoms with Gasteiger partial charge in [0, 0.05) is 66.8 Å². The molecular weight excluding hydrogens is 1050 g/mol. The maximum absolute atomic E-state index is 14.6. The lowest BCUT2D eigenvalue weighted by molar-refractivity contribution is -0.302. The molecule has 7 rings (SSSR count). The molecule has 21 heteroatoms. The molecular formula is C59H81ClN6O14. The summed E-state index contributed by atoms with van der Waals surface area (Å²) in [6.45, 7) is 13.9. The molecule has 3 aliphatic rings. The molecule has 2 saturated heterocycles. The summed E-state index contributed by atoms with van der Waals surface area (Å²) in [5, 5.41) is 56.2. The van der Waals surface area contributed by atoms with E-state index >= 15 is 0 Å². The van der Waals surface area contributed by atoms with Crippen molar-refractivity contribution in [3.63, 3.8) is 0 Å². The van der Waals surface area contributed by atoms with Gasteiger partial charge in [-0.2, -0.15) is 0 Å². The topological polar surface area (TPSA) is 270 Å². The Morgan fingerprint density at radius 1 is 1.01 bits per heavy atom. The highest BCUT2D eigenvalue weighted by Crippen LogP contribution is 2.40. The minimum atomic E-state index is -2.10. The van der Waals surface area contributed by atoms with Gasteiger partial charge in [0.1, 0.15) is 29.5 Å². The van der Waals surface area contributed by atoms with Crippen LogP contribution in [0.1, 0.15) is 116 Å². The normalized spacial score (nSPS) is 31.1. The summed E-state index contributed by atoms with van der Waals surface area (Å²) >= 11 is 6.69. The van der Waals surface area contributed by atoms with Gasteiger partial charge in [0.25, 0.3) is 0 Å². The lowest BCUT2D eigenvalue weighted by atomic mass is 9.78. The Balaban J connectivity index is 1.17. The monoisotopic (exact) mass is 1130 g/mol. The van der Waals surface area contributed by atoms with Crippen molar-refractivity contribution in [1.82, 2.24) is 25.1 Å². The number of hydrogen-bond donors (Lipinski definition) is 7. The van der Waals surface area contributed by atoms with Gasteiger partial charge in [-0.25, -0.2) is 4.79 Å². The number of pyridine rings is 2. The number of likely N-dealkylation sites (N-methyl/N-ethyl adjacent to an activating group) is 1. The Kier molecular flexibility index (Phi) is 20.6. The largest absolute Gasteiger partial charge is 0.477 e. The van der Waals surface area contributed by atoms with E-state index in [1.54, 1.807) is 57.5 Å². The maximum Gasteiger partial charge on any atom is 0.341 e. The SMILES string of the molecule is CC[C@H]1OC(=O)[C@H](C)[C@@H](OC(=O)CCNCCNc2cc3c(=O)c(C(=O)O)cn(C4CC4)c3cc2Cl)[C@H](C)[C@@H](O[C@@H]2O[C@H](C)C[C@H](N(C)C)[C@H]2O)[C@](C)(OC/C=C/c2ccc3ncccc3c2)C[C@@H](C)NC(=O)[C@H](C)[C@@H](O)[C@]1(C)O. The highest BCUT2D eigenvalue weighted by Gasteiger charge is 2.52. The van der Waals surface area contributed by atoms with E-state index in [0.29, 0.717) is 35.7 Å². The third kappa shape index (κ3) is 14.5. The van der Waals surface area contributed by atoms with Gasteiger partial charge in [0.15, 0.2) is 6.29 Å². The predicted octanol–water partition coefficient (Wildman–Crippen LogP) is 6.09. The van der Waals surface area contributed by atoms with Crippen molar-refractivity contribution in [2.75, 3.05) is 45.7 Å². The summed E-state index contributed by atoms with van der Waals surface area (Å²) in [5.41, 5.74) is -1.76. The highest BCUT2D eigenvalue weighted by molar-refractivity contribution is 6.34. The number of ether oxygens (including phenoxy) is 5. The van der Waals surface area contributed by atoms with Crippen molar-refractivity contribution in [2.24, 2.45) is 17.8 Å². The van der Waals surface area contributed by atoms with Crippen molar-refractivity contribution in [1.29, 1.82) is 0 Å². The zero-order chi connectivity index (χ0) is 58.4. The molecule has 4 aromatic rings. The number of amides is 1. The lowest BCUT2D eigenvalue weighted by Crippen LogP contribution is -2.60. The lowest BCUT2D eigenvalue weighted by Gasteiger charge is -2.48. The van der Waals surface area contributed by atoms with E-state index in [0.717, 1.165) is 29.3 Å². The van der Waals surface area contributed by atoms with Crippen LogP contribution >= 0.6 is 11.6 Å². The Labute approximate surface area is 472 Å². The summed E-state index contributed by atoms with van der Waals surface area (Å²) < 4.78 is 34.5. The van der Waals surface area contributed by atoms with Gasteiger partial charge < -0.3 is 69.5 Å². The van der Waals surface area contributed by atoms with Gasteiger partial charge in [0.05, 0.1) is 70.5 Å². The Morgan fingerprint density at radius 3 is 2.44 bits per heavy atom. The molecule has 4 heterocycles. The molecule has 1 saturated carbocycles. The van der Waals surface area contributed by atoms with Crippen LogP contribution in [0.5, 0.6) is 0 Å². The van der Waals surface area contributed by atoms with Crippen LogP contribution in [-0.4, -0.2) is 165 Å². The fourth-order valence-electron chi connectivity index (χ4n) is 11.3. The standard InChI is InChI=1S/C59H81ClN6O14/c1-11-47-59(8,75)52(70)36(6)54(71)64-32(2)30-58(7,76-25-13-14-37-16-19-43-38(27-37)15-12-21-62-43)53(80-57-50(69)46(65(9)10)26-33(3)77-57)34(4)51(35(5)56(74)78-47)79-48(67)20-22-61-23-24-63-44-28-40-45(29-42(44)60)66(39-17-18-39)31-41(49(40)68)55(72)73/h12-16,19,21,27-29,31-36,39,46-47,50-53,57,61,63,69-70,75H,11,17-18,20,22-26,30H2,1-10H3,(H,64,71)(H,72,73)/b14-13+/t32-,33-,34+,35-,36-,46+,47-,50-,51+,52-,53-,57+,58-,59-/m1/s1. The molecule has 0 unspecified atom stereocenters. The maximum atomic E-state index is 14.6. The number of nitrogens with one attached hydrogen (secondary N) is 3. The summed E-state index contributed by atoms with van der Waals surface area (Å²) in [5.74, 6) is -6.79. The summed E-state index contributed by atoms with van der Waals surface area (Å²) in [6.07, 6.45) is 0.791. The van der Waals surface area contributed by atoms with Gasteiger partial charge in [-0.05, 0) is 117 Å². The van der Waals surface area contributed by atoms with E-state index in [1.807, 2.05) is 68.4 Å². The van der Waals surface area contributed by atoms with Crippen LogP contribution in [0.3, 0.4) is 0 Å². The van der Waals surface area contributed by atoms with Crippen LogP contribution in [0.25, 0.3) is 27.9 Å². The highest BCUT2D eigenvalue weighted by atomic mass is 35.5. The number of halogens is 1. The third-order valence-electron chi connectivity index (χ3n) is 16.0. The fraction of sp³-hybridized carbons (Fsp3) is 0.593. The number of hydrogen-bond acceptors (Lipinski definition) is 17. The van der Waals surface area contributed by atoms with Gasteiger partial charge in [0.2, 0.25) is 11.3 Å². The van der Waals surface area contributed by atoms with Crippen LogP contribution in [0, 0.1) is 17.8 Å². The average molecular weight is 1130 g/mol. The van der Waals surface area contributed by atoms with E-state index in [9.17, 15) is 44.4 Å². The van der Waals surface area contributed by atoms with E-state index in [1.165, 1.54) is 20.0 Å². The summed E-state index contributed by atoms with van der Waals surface area (Å²) in [6, 6.07) is 11.9. The molecule has 438 valence electrons. The van der Waals surface area contributed by atoms with Crippen molar-refractivity contribution in [2.45, 2.75) is 166 Å². The Bertz CT molecular complexity index is 2930. The number of aliphatic hydroxyl groups is 3. The molecule has 2 aromatic carbocycles. The summed E-state index contributed by atoms with van der Waals surface area (Å²) in [4.78, 5) is 74.4. The molecule has 20 nitrogen and oxygen atoms in total. The van der Waals surface area contributed by atoms with Gasteiger partial charge >= 0.3 is 17.9 Å². The number of carbonyl (C=O) groups is 4. The zero-order valence-electron chi connectivity index (χ0n) is 47.5. The Morgan fingerprint density at radius 2 is 1.75 bits per heavy atom. The number of aromatic nitrogens is 2. The van der Waals surface area contributed by atoms with Crippen LogP contribution < -0.4 is 21.4 Å². The third-order valence-corrected chi connectivity index (χ3v) is 16.3. The predicted molar refractivity (Wildman–Crippen MR) is 303 cm³/mol. The molecule has 7 N–H and O–H groups in total. The second-order valence-corrected chi connectivity index (χ2v) is 23.1. The molecule has 0 bridgehead atoms. The number of aliphatic hydroxyl groups excluding tert-OH is 2. The molecule has 14 atom stereocenters. The first-order valence-electron chi connectivity index (χ1n) is 27.8. The molecule has 3 fully saturated rings. The second kappa shape index (κ2) is 26.6. The first kappa shape index (κ1) is 62.1. The van der Waals surface area contributed by atoms with Gasteiger partial charge in [-0.3, -0.25) is 24.2 Å². The number of rotatable bonds is 18. The molecule has 2 aliphatic heterocycles. The van der Waals surface area contributed by atoms with Gasteiger partial charge in [-0.15, -0.1) is 0 Å². The van der Waals surface area contributed by atoms with Crippen LogP contribution in [-0.2, 0) is 38.1 Å².